The minimum Gasteiger partial charge on any atom is -0.494 e. The quantitative estimate of drug-likeness (QED) is 0.679. The van der Waals surface area contributed by atoms with Gasteiger partial charge in [-0.25, -0.2) is 4.98 Å². The van der Waals surface area contributed by atoms with Crippen LogP contribution in [-0.2, 0) is 4.79 Å². The van der Waals surface area contributed by atoms with Gasteiger partial charge in [0.1, 0.15) is 11.3 Å². The van der Waals surface area contributed by atoms with Crippen LogP contribution in [0.25, 0.3) is 10.2 Å². The third-order valence-electron chi connectivity index (χ3n) is 5.09. The maximum Gasteiger partial charge on any atom is 0.229 e. The standard InChI is InChI=1S/C19H25ClN2O2S/c1-3-4-5-12-6-8-13(9-7-12)18(23)22-19-21-16-15(24-2)11-10-14(20)17(16)25-19/h10-13H,3-9H2,1-2H3,(H,21,22,23). The lowest BCUT2D eigenvalue weighted by molar-refractivity contribution is -0.121. The highest BCUT2D eigenvalue weighted by Gasteiger charge is 2.26. The van der Waals surface area contributed by atoms with Crippen LogP contribution in [0.3, 0.4) is 0 Å². The molecular weight excluding hydrogens is 356 g/mol. The van der Waals surface area contributed by atoms with Gasteiger partial charge in [0.2, 0.25) is 5.91 Å². The molecule has 0 unspecified atom stereocenters. The van der Waals surface area contributed by atoms with E-state index < -0.39 is 0 Å². The van der Waals surface area contributed by atoms with Crippen LogP contribution in [0.2, 0.25) is 5.02 Å². The van der Waals surface area contributed by atoms with Crippen molar-refractivity contribution in [1.29, 1.82) is 0 Å². The van der Waals surface area contributed by atoms with Gasteiger partial charge in [0.25, 0.3) is 0 Å². The van der Waals surface area contributed by atoms with Crippen LogP contribution < -0.4 is 10.1 Å². The van der Waals surface area contributed by atoms with Gasteiger partial charge in [-0.1, -0.05) is 49.1 Å². The normalized spacial score (nSPS) is 20.6. The highest BCUT2D eigenvalue weighted by atomic mass is 35.5. The maximum absolute atomic E-state index is 12.6. The second-order valence-electron chi connectivity index (χ2n) is 6.80. The Hall–Kier alpha value is -1.33. The summed E-state index contributed by atoms with van der Waals surface area (Å²) in [6.45, 7) is 2.23. The maximum atomic E-state index is 12.6. The molecule has 0 saturated heterocycles. The first-order valence-electron chi connectivity index (χ1n) is 9.06. The van der Waals surface area contributed by atoms with Gasteiger partial charge in [-0.05, 0) is 43.7 Å². The van der Waals surface area contributed by atoms with E-state index in [-0.39, 0.29) is 11.8 Å². The Kier molecular flexibility index (Phi) is 6.18. The van der Waals surface area contributed by atoms with Crippen LogP contribution in [0.1, 0.15) is 51.9 Å². The molecule has 1 aliphatic rings. The van der Waals surface area contributed by atoms with Crippen LogP contribution in [0.15, 0.2) is 12.1 Å². The van der Waals surface area contributed by atoms with Crippen molar-refractivity contribution < 1.29 is 9.53 Å². The molecule has 0 aliphatic heterocycles. The van der Waals surface area contributed by atoms with Crippen molar-refractivity contribution >= 4 is 44.2 Å². The van der Waals surface area contributed by atoms with Crippen molar-refractivity contribution in [3.63, 3.8) is 0 Å². The molecule has 1 fully saturated rings. The summed E-state index contributed by atoms with van der Waals surface area (Å²) in [6, 6.07) is 3.59. The van der Waals surface area contributed by atoms with Crippen LogP contribution in [0, 0.1) is 11.8 Å². The number of amides is 1. The Morgan fingerprint density at radius 3 is 2.80 bits per heavy atom. The molecule has 1 amide bonds. The van der Waals surface area contributed by atoms with E-state index in [2.05, 4.69) is 17.2 Å². The van der Waals surface area contributed by atoms with E-state index in [9.17, 15) is 4.79 Å². The number of benzene rings is 1. The van der Waals surface area contributed by atoms with Gasteiger partial charge in [-0.15, -0.1) is 0 Å². The highest BCUT2D eigenvalue weighted by Crippen LogP contribution is 2.38. The molecule has 1 aromatic heterocycles. The average Bonchev–Trinajstić information content (AvgIpc) is 3.05. The van der Waals surface area contributed by atoms with Gasteiger partial charge in [-0.3, -0.25) is 4.79 Å². The largest absolute Gasteiger partial charge is 0.494 e. The van der Waals surface area contributed by atoms with E-state index in [1.165, 1.54) is 30.6 Å². The SMILES string of the molecule is CCCCC1CCC(C(=O)Nc2nc3c(OC)ccc(Cl)c3s2)CC1. The third kappa shape index (κ3) is 4.26. The van der Waals surface area contributed by atoms with Crippen LogP contribution in [0.5, 0.6) is 5.75 Å². The number of unbranched alkanes of at least 4 members (excludes halogenated alkanes) is 1. The summed E-state index contributed by atoms with van der Waals surface area (Å²) in [7, 11) is 1.61. The summed E-state index contributed by atoms with van der Waals surface area (Å²) in [5.74, 6) is 1.66. The molecule has 1 N–H and O–H groups in total. The van der Waals surface area contributed by atoms with Crippen molar-refractivity contribution in [2.45, 2.75) is 51.9 Å². The molecule has 3 rings (SSSR count). The summed E-state index contributed by atoms with van der Waals surface area (Å²) in [4.78, 5) is 17.1. The van der Waals surface area contributed by atoms with Gasteiger partial charge in [0, 0.05) is 5.92 Å². The van der Waals surface area contributed by atoms with Gasteiger partial charge in [0.05, 0.1) is 16.8 Å². The monoisotopic (exact) mass is 380 g/mol. The average molecular weight is 381 g/mol. The summed E-state index contributed by atoms with van der Waals surface area (Å²) in [5, 5.41) is 4.22. The fourth-order valence-electron chi connectivity index (χ4n) is 3.58. The Labute approximate surface area is 157 Å². The highest BCUT2D eigenvalue weighted by molar-refractivity contribution is 7.23. The fourth-order valence-corrected chi connectivity index (χ4v) is 4.74. The zero-order valence-corrected chi connectivity index (χ0v) is 16.4. The van der Waals surface area contributed by atoms with Crippen LogP contribution >= 0.6 is 22.9 Å². The molecule has 25 heavy (non-hydrogen) atoms. The zero-order valence-electron chi connectivity index (χ0n) is 14.8. The van der Waals surface area contributed by atoms with E-state index in [0.29, 0.717) is 21.4 Å². The molecule has 0 radical (unpaired) electrons. The lowest BCUT2D eigenvalue weighted by Gasteiger charge is -2.27. The van der Waals surface area contributed by atoms with E-state index in [1.54, 1.807) is 19.2 Å². The van der Waals surface area contributed by atoms with Crippen molar-refractivity contribution in [3.8, 4) is 5.75 Å². The molecule has 1 aromatic carbocycles. The molecule has 2 aromatic rings. The summed E-state index contributed by atoms with van der Waals surface area (Å²) >= 11 is 7.65. The number of rotatable bonds is 6. The number of methoxy groups -OCH3 is 1. The number of thiazole rings is 1. The van der Waals surface area contributed by atoms with E-state index in [4.69, 9.17) is 16.3 Å². The van der Waals surface area contributed by atoms with Crippen molar-refractivity contribution in [1.82, 2.24) is 4.98 Å². The summed E-state index contributed by atoms with van der Waals surface area (Å²) < 4.78 is 6.18. The molecule has 4 nitrogen and oxygen atoms in total. The predicted octanol–water partition coefficient (Wildman–Crippen LogP) is 5.89. The molecule has 0 atom stereocenters. The number of halogens is 1. The minimum atomic E-state index is 0.0862. The number of carbonyl (C=O) groups excluding carboxylic acids is 1. The van der Waals surface area contributed by atoms with Gasteiger partial charge in [0.15, 0.2) is 5.13 Å². The number of aromatic nitrogens is 1. The number of anilines is 1. The molecule has 6 heteroatoms. The van der Waals surface area contributed by atoms with E-state index >= 15 is 0 Å². The summed E-state index contributed by atoms with van der Waals surface area (Å²) in [6.07, 6.45) is 8.15. The van der Waals surface area contributed by atoms with Crippen molar-refractivity contribution in [2.24, 2.45) is 11.8 Å². The number of hydrogen-bond donors (Lipinski definition) is 1. The number of hydrogen-bond acceptors (Lipinski definition) is 4. The summed E-state index contributed by atoms with van der Waals surface area (Å²) in [5.41, 5.74) is 0.707. The Balaban J connectivity index is 1.64. The molecule has 1 aliphatic carbocycles. The van der Waals surface area contributed by atoms with Crippen LogP contribution in [-0.4, -0.2) is 18.0 Å². The first-order valence-corrected chi connectivity index (χ1v) is 10.3. The van der Waals surface area contributed by atoms with Crippen LogP contribution in [0.4, 0.5) is 5.13 Å². The van der Waals surface area contributed by atoms with Gasteiger partial charge < -0.3 is 10.1 Å². The predicted molar refractivity (Wildman–Crippen MR) is 105 cm³/mol. The molecule has 0 spiro atoms. The molecule has 136 valence electrons. The Bertz CT molecular complexity index is 738. The first kappa shape index (κ1) is 18.5. The van der Waals surface area contributed by atoms with Crippen molar-refractivity contribution in [2.75, 3.05) is 12.4 Å². The first-order chi connectivity index (χ1) is 12.1. The molecule has 1 heterocycles. The molecule has 1 saturated carbocycles. The van der Waals surface area contributed by atoms with Crippen molar-refractivity contribution in [3.05, 3.63) is 17.2 Å². The van der Waals surface area contributed by atoms with E-state index in [1.807, 2.05) is 0 Å². The Morgan fingerprint density at radius 1 is 1.36 bits per heavy atom. The van der Waals surface area contributed by atoms with E-state index in [0.717, 1.165) is 36.3 Å². The Morgan fingerprint density at radius 2 is 2.12 bits per heavy atom. The number of ether oxygens (including phenoxy) is 1. The topological polar surface area (TPSA) is 51.2 Å². The fraction of sp³-hybridized carbons (Fsp3) is 0.579. The zero-order chi connectivity index (χ0) is 17.8. The molecule has 0 bridgehead atoms. The smallest absolute Gasteiger partial charge is 0.229 e. The van der Waals surface area contributed by atoms with Gasteiger partial charge >= 0.3 is 0 Å². The van der Waals surface area contributed by atoms with Gasteiger partial charge in [-0.2, -0.15) is 0 Å². The number of carbonyl (C=O) groups is 1. The number of nitrogens with one attached hydrogen (secondary N) is 1. The lowest BCUT2D eigenvalue weighted by atomic mass is 9.79. The number of fused-ring (bicyclic) bond motifs is 1. The number of nitrogens with zero attached hydrogens (tertiary/aromatic N) is 1. The second-order valence-corrected chi connectivity index (χ2v) is 8.20. The lowest BCUT2D eigenvalue weighted by Crippen LogP contribution is -2.27. The molecular formula is C19H25ClN2O2S. The third-order valence-corrected chi connectivity index (χ3v) is 6.52. The minimum absolute atomic E-state index is 0.0862. The second kappa shape index (κ2) is 8.37.